The number of aromatic nitrogens is 2. The number of rotatable bonds is 6. The van der Waals surface area contributed by atoms with Crippen LogP contribution < -0.4 is 16.0 Å². The Morgan fingerprint density at radius 3 is 2.46 bits per heavy atom. The molecule has 0 fully saturated rings. The van der Waals surface area contributed by atoms with E-state index in [2.05, 4.69) is 50.5 Å². The van der Waals surface area contributed by atoms with Crippen LogP contribution in [0, 0.1) is 14.1 Å². The van der Waals surface area contributed by atoms with Crippen molar-refractivity contribution in [2.75, 3.05) is 11.1 Å². The van der Waals surface area contributed by atoms with Crippen molar-refractivity contribution < 1.29 is 13.2 Å². The summed E-state index contributed by atoms with van der Waals surface area (Å²) in [5.74, 6) is -0.227. The van der Waals surface area contributed by atoms with Gasteiger partial charge in [-0.2, -0.15) is 0 Å². The van der Waals surface area contributed by atoms with Crippen molar-refractivity contribution in [3.05, 3.63) is 83.7 Å². The summed E-state index contributed by atoms with van der Waals surface area (Å²) in [4.78, 5) is 30.9. The van der Waals surface area contributed by atoms with Gasteiger partial charge in [-0.05, 0) is 100 Å². The zero-order valence-electron chi connectivity index (χ0n) is 18.2. The third-order valence-corrected chi connectivity index (χ3v) is 8.35. The lowest BCUT2D eigenvalue weighted by Gasteiger charge is -2.15. The SMILES string of the molecule is Cc1ccccc1NC(=O)CSc1nc2c(I)cc(I)cc2c(=O)n1-c1ccc(S(N)(=O)=O)cc1. The van der Waals surface area contributed by atoms with Crippen molar-refractivity contribution in [2.24, 2.45) is 5.14 Å². The second-order valence-corrected chi connectivity index (χ2v) is 12.4. The number of aryl methyl sites for hydroxylation is 1. The Balaban J connectivity index is 1.77. The lowest BCUT2D eigenvalue weighted by molar-refractivity contribution is -0.113. The summed E-state index contributed by atoms with van der Waals surface area (Å²) in [6, 6.07) is 16.8. The molecule has 12 heteroatoms. The van der Waals surface area contributed by atoms with Gasteiger partial charge in [0.05, 0.1) is 27.2 Å². The molecule has 0 atom stereocenters. The molecule has 0 radical (unpaired) electrons. The number of benzene rings is 3. The van der Waals surface area contributed by atoms with Crippen molar-refractivity contribution >= 4 is 89.5 Å². The average Bonchev–Trinajstić information content (AvgIpc) is 2.79. The molecule has 0 aliphatic carbocycles. The van der Waals surface area contributed by atoms with Crippen molar-refractivity contribution in [3.63, 3.8) is 0 Å². The van der Waals surface area contributed by atoms with Gasteiger partial charge in [-0.25, -0.2) is 18.5 Å². The number of hydrogen-bond donors (Lipinski definition) is 2. The smallest absolute Gasteiger partial charge is 0.266 e. The van der Waals surface area contributed by atoms with Crippen LogP contribution in [0.5, 0.6) is 0 Å². The first-order chi connectivity index (χ1) is 16.5. The summed E-state index contributed by atoms with van der Waals surface area (Å²) >= 11 is 5.39. The number of carbonyl (C=O) groups is 1. The zero-order chi connectivity index (χ0) is 25.3. The number of anilines is 1. The molecule has 3 aromatic carbocycles. The van der Waals surface area contributed by atoms with Gasteiger partial charge in [-0.1, -0.05) is 30.0 Å². The molecule has 0 unspecified atom stereocenters. The number of fused-ring (bicyclic) bond motifs is 1. The molecular formula is C23H18I2N4O4S2. The second-order valence-electron chi connectivity index (χ2n) is 7.51. The number of nitrogens with one attached hydrogen (secondary N) is 1. The van der Waals surface area contributed by atoms with Crippen LogP contribution in [0.3, 0.4) is 0 Å². The van der Waals surface area contributed by atoms with Gasteiger partial charge >= 0.3 is 0 Å². The van der Waals surface area contributed by atoms with E-state index in [1.165, 1.54) is 28.8 Å². The van der Waals surface area contributed by atoms with E-state index in [1.54, 1.807) is 6.07 Å². The molecule has 180 valence electrons. The number of sulfonamides is 1. The summed E-state index contributed by atoms with van der Waals surface area (Å²) < 4.78 is 26.4. The normalized spacial score (nSPS) is 11.5. The lowest BCUT2D eigenvalue weighted by Crippen LogP contribution is -2.23. The highest BCUT2D eigenvalue weighted by Gasteiger charge is 2.18. The molecule has 0 aliphatic heterocycles. The summed E-state index contributed by atoms with van der Waals surface area (Å²) in [6.45, 7) is 1.90. The number of halogens is 2. The van der Waals surface area contributed by atoms with Crippen molar-refractivity contribution in [1.82, 2.24) is 9.55 Å². The van der Waals surface area contributed by atoms with E-state index in [9.17, 15) is 18.0 Å². The molecule has 3 N–H and O–H groups in total. The topological polar surface area (TPSA) is 124 Å². The fourth-order valence-electron chi connectivity index (χ4n) is 3.33. The Morgan fingerprint density at radius 1 is 1.11 bits per heavy atom. The monoisotopic (exact) mass is 732 g/mol. The molecule has 0 spiro atoms. The highest BCUT2D eigenvalue weighted by atomic mass is 127. The molecule has 0 aliphatic rings. The molecule has 4 rings (SSSR count). The van der Waals surface area contributed by atoms with E-state index in [1.807, 2.05) is 37.3 Å². The van der Waals surface area contributed by atoms with Crippen LogP contribution in [-0.2, 0) is 14.8 Å². The number of carbonyl (C=O) groups excluding carboxylic acids is 1. The first-order valence-electron chi connectivity index (χ1n) is 10.1. The zero-order valence-corrected chi connectivity index (χ0v) is 24.1. The van der Waals surface area contributed by atoms with Crippen LogP contribution in [0.1, 0.15) is 5.56 Å². The maximum atomic E-state index is 13.6. The molecular weight excluding hydrogens is 714 g/mol. The minimum atomic E-state index is -3.89. The van der Waals surface area contributed by atoms with Gasteiger partial charge in [0.25, 0.3) is 5.56 Å². The molecule has 1 amide bonds. The Hall–Kier alpha value is -2.01. The Kier molecular flexibility index (Phi) is 7.85. The van der Waals surface area contributed by atoms with E-state index < -0.39 is 10.0 Å². The van der Waals surface area contributed by atoms with Crippen molar-refractivity contribution in [2.45, 2.75) is 17.0 Å². The quantitative estimate of drug-likeness (QED) is 0.174. The molecule has 4 aromatic rings. The summed E-state index contributed by atoms with van der Waals surface area (Å²) in [5, 5.41) is 8.82. The number of amides is 1. The summed E-state index contributed by atoms with van der Waals surface area (Å²) in [7, 11) is -3.89. The Bertz CT molecular complexity index is 1620. The molecule has 0 saturated carbocycles. The van der Waals surface area contributed by atoms with E-state index >= 15 is 0 Å². The Morgan fingerprint density at radius 2 is 1.80 bits per heavy atom. The summed E-state index contributed by atoms with van der Waals surface area (Å²) in [5.41, 5.74) is 2.27. The number of para-hydroxylation sites is 1. The fourth-order valence-corrected chi connectivity index (χ4v) is 6.62. The highest BCUT2D eigenvalue weighted by molar-refractivity contribution is 14.1. The molecule has 1 heterocycles. The fraction of sp³-hybridized carbons (Fsp3) is 0.0870. The van der Waals surface area contributed by atoms with Gasteiger partial charge in [0.1, 0.15) is 0 Å². The van der Waals surface area contributed by atoms with Gasteiger partial charge < -0.3 is 5.32 Å². The van der Waals surface area contributed by atoms with Crippen LogP contribution in [0.2, 0.25) is 0 Å². The highest BCUT2D eigenvalue weighted by Crippen LogP contribution is 2.26. The van der Waals surface area contributed by atoms with Gasteiger partial charge in [0.2, 0.25) is 15.9 Å². The predicted molar refractivity (Wildman–Crippen MR) is 155 cm³/mol. The summed E-state index contributed by atoms with van der Waals surface area (Å²) in [6.07, 6.45) is 0. The third-order valence-electron chi connectivity index (χ3n) is 5.04. The first-order valence-corrected chi connectivity index (χ1v) is 14.8. The largest absolute Gasteiger partial charge is 0.325 e. The van der Waals surface area contributed by atoms with Crippen LogP contribution >= 0.6 is 56.9 Å². The van der Waals surface area contributed by atoms with Gasteiger partial charge in [0, 0.05) is 12.8 Å². The molecule has 8 nitrogen and oxygen atoms in total. The van der Waals surface area contributed by atoms with Gasteiger partial charge in [-0.15, -0.1) is 0 Å². The van der Waals surface area contributed by atoms with Crippen LogP contribution in [0.4, 0.5) is 5.69 Å². The van der Waals surface area contributed by atoms with E-state index in [4.69, 9.17) is 10.1 Å². The Labute approximate surface area is 233 Å². The molecule has 1 aromatic heterocycles. The van der Waals surface area contributed by atoms with Gasteiger partial charge in [-0.3, -0.25) is 14.2 Å². The van der Waals surface area contributed by atoms with Crippen LogP contribution in [-0.4, -0.2) is 29.6 Å². The third kappa shape index (κ3) is 5.87. The number of nitrogens with two attached hydrogens (primary N) is 1. The predicted octanol–water partition coefficient (Wildman–Crippen LogP) is 4.28. The standard InChI is InChI=1S/C23H18I2N4O4S2/c1-13-4-2-3-5-19(13)27-20(30)12-34-23-28-21-17(10-14(24)11-18(21)25)22(31)29(23)15-6-8-16(9-7-15)35(26,32)33/h2-11H,12H2,1H3,(H,27,30)(H2,26,32,33). The maximum absolute atomic E-state index is 13.6. The average molecular weight is 732 g/mol. The van der Waals surface area contributed by atoms with Crippen LogP contribution in [0.25, 0.3) is 16.6 Å². The first kappa shape index (κ1) is 26.1. The van der Waals surface area contributed by atoms with Crippen molar-refractivity contribution in [3.8, 4) is 5.69 Å². The number of hydrogen-bond acceptors (Lipinski definition) is 6. The minimum absolute atomic E-state index is 0.0164. The number of thioether (sulfide) groups is 1. The van der Waals surface area contributed by atoms with Crippen LogP contribution in [0.15, 0.2) is 75.5 Å². The lowest BCUT2D eigenvalue weighted by atomic mass is 10.2. The second kappa shape index (κ2) is 10.5. The van der Waals surface area contributed by atoms with E-state index in [0.717, 1.165) is 24.5 Å². The molecule has 0 saturated heterocycles. The van der Waals surface area contributed by atoms with Gasteiger partial charge in [0.15, 0.2) is 5.16 Å². The number of nitrogens with zero attached hydrogens (tertiary/aromatic N) is 2. The van der Waals surface area contributed by atoms with Crippen molar-refractivity contribution in [1.29, 1.82) is 0 Å². The molecule has 0 bridgehead atoms. The van der Waals surface area contributed by atoms with E-state index in [0.29, 0.717) is 27.4 Å². The number of primary sulfonamides is 1. The maximum Gasteiger partial charge on any atom is 0.266 e. The molecule has 35 heavy (non-hydrogen) atoms. The van der Waals surface area contributed by atoms with E-state index in [-0.39, 0.29) is 22.1 Å². The minimum Gasteiger partial charge on any atom is -0.325 e.